The third kappa shape index (κ3) is 2.55. The molecule has 2 atom stereocenters. The van der Waals surface area contributed by atoms with Gasteiger partial charge in [-0.2, -0.15) is 0 Å². The van der Waals surface area contributed by atoms with Crippen molar-refractivity contribution >= 4 is 16.9 Å². The minimum atomic E-state index is -0.785. The molecule has 4 nitrogen and oxygen atoms in total. The maximum atomic E-state index is 13.4. The molecule has 0 aliphatic heterocycles. The molecule has 0 unspecified atom stereocenters. The second kappa shape index (κ2) is 5.87. The third-order valence-corrected chi connectivity index (χ3v) is 5.14. The first-order valence-corrected chi connectivity index (χ1v) is 8.74. The molecule has 26 heavy (non-hydrogen) atoms. The van der Waals surface area contributed by atoms with E-state index in [0.29, 0.717) is 6.42 Å². The Labute approximate surface area is 150 Å². The van der Waals surface area contributed by atoms with Crippen LogP contribution >= 0.6 is 0 Å². The van der Waals surface area contributed by atoms with Crippen molar-refractivity contribution in [3.63, 3.8) is 0 Å². The van der Waals surface area contributed by atoms with Gasteiger partial charge in [-0.25, -0.2) is 4.39 Å². The standard InChI is InChI=1S/C21H20FNO3/c1-11(2)20-19(15-10-16(15)21(25)26)17-9-14(24)7-8-18(17)23(20)13-5-3-12(22)4-6-13/h3-9,11,15-16,24H,10H2,1-2H3,(H,25,26)/t15-,16-/m0/s1. The summed E-state index contributed by atoms with van der Waals surface area (Å²) in [6.45, 7) is 4.13. The number of hydrogen-bond donors (Lipinski definition) is 2. The zero-order valence-corrected chi connectivity index (χ0v) is 14.6. The Morgan fingerprint density at radius 2 is 1.88 bits per heavy atom. The van der Waals surface area contributed by atoms with Gasteiger partial charge >= 0.3 is 5.97 Å². The molecule has 1 heterocycles. The molecule has 5 heteroatoms. The highest BCUT2D eigenvalue weighted by Crippen LogP contribution is 2.53. The van der Waals surface area contributed by atoms with Crippen LogP contribution < -0.4 is 0 Å². The summed E-state index contributed by atoms with van der Waals surface area (Å²) >= 11 is 0. The van der Waals surface area contributed by atoms with E-state index in [0.717, 1.165) is 27.8 Å². The number of carboxylic acids is 1. The van der Waals surface area contributed by atoms with E-state index in [4.69, 9.17) is 0 Å². The predicted molar refractivity (Wildman–Crippen MR) is 97.5 cm³/mol. The Balaban J connectivity index is 2.03. The van der Waals surface area contributed by atoms with Crippen LogP contribution in [0.1, 0.15) is 43.4 Å². The number of aliphatic carboxylic acids is 1. The number of nitrogens with zero attached hydrogens (tertiary/aromatic N) is 1. The molecule has 1 saturated carbocycles. The highest BCUT2D eigenvalue weighted by Gasteiger charge is 2.47. The van der Waals surface area contributed by atoms with Gasteiger partial charge in [0, 0.05) is 22.7 Å². The number of rotatable bonds is 4. The number of halogens is 1. The molecule has 2 aromatic carbocycles. The first-order valence-electron chi connectivity index (χ1n) is 8.74. The number of benzene rings is 2. The number of carbonyl (C=O) groups is 1. The SMILES string of the molecule is CC(C)c1c([C@H]2C[C@@H]2C(=O)O)c2cc(O)ccc2n1-c1ccc(F)cc1. The van der Waals surface area contributed by atoms with Gasteiger partial charge < -0.3 is 14.8 Å². The quantitative estimate of drug-likeness (QED) is 0.709. The second-order valence-corrected chi connectivity index (χ2v) is 7.25. The predicted octanol–water partition coefficient (Wildman–Crippen LogP) is 4.79. The van der Waals surface area contributed by atoms with Gasteiger partial charge in [-0.3, -0.25) is 4.79 Å². The molecule has 0 spiro atoms. The Hall–Kier alpha value is -2.82. The first kappa shape index (κ1) is 16.6. The lowest BCUT2D eigenvalue weighted by Crippen LogP contribution is -2.05. The zero-order chi connectivity index (χ0) is 18.6. The topological polar surface area (TPSA) is 62.5 Å². The molecule has 1 aliphatic carbocycles. The maximum Gasteiger partial charge on any atom is 0.307 e. The van der Waals surface area contributed by atoms with Crippen LogP contribution in [0.25, 0.3) is 16.6 Å². The molecule has 1 aromatic heterocycles. The van der Waals surface area contributed by atoms with Crippen LogP contribution in [0.3, 0.4) is 0 Å². The average molecular weight is 353 g/mol. The summed E-state index contributed by atoms with van der Waals surface area (Å²) in [5.41, 5.74) is 3.72. The van der Waals surface area contributed by atoms with Crippen LogP contribution in [0.5, 0.6) is 5.75 Å². The number of aromatic nitrogens is 1. The van der Waals surface area contributed by atoms with E-state index in [1.54, 1.807) is 24.3 Å². The van der Waals surface area contributed by atoms with E-state index in [9.17, 15) is 19.4 Å². The van der Waals surface area contributed by atoms with Crippen LogP contribution in [-0.2, 0) is 4.79 Å². The van der Waals surface area contributed by atoms with Gasteiger partial charge in [0.2, 0.25) is 0 Å². The van der Waals surface area contributed by atoms with Gasteiger partial charge in [-0.1, -0.05) is 13.8 Å². The maximum absolute atomic E-state index is 13.4. The first-order chi connectivity index (χ1) is 12.4. The smallest absolute Gasteiger partial charge is 0.307 e. The van der Waals surface area contributed by atoms with E-state index in [1.165, 1.54) is 12.1 Å². The summed E-state index contributed by atoms with van der Waals surface area (Å²) in [4.78, 5) is 11.4. The number of phenols is 1. The van der Waals surface area contributed by atoms with Crippen molar-refractivity contribution in [3.8, 4) is 11.4 Å². The molecule has 0 bridgehead atoms. The molecule has 0 radical (unpaired) electrons. The van der Waals surface area contributed by atoms with Crippen molar-refractivity contribution in [1.29, 1.82) is 0 Å². The molecule has 4 rings (SSSR count). The fourth-order valence-electron chi connectivity index (χ4n) is 3.94. The van der Waals surface area contributed by atoms with Crippen molar-refractivity contribution in [3.05, 3.63) is 59.5 Å². The second-order valence-electron chi connectivity index (χ2n) is 7.25. The molecule has 1 aliphatic rings. The van der Waals surface area contributed by atoms with Crippen LogP contribution in [0, 0.1) is 11.7 Å². The van der Waals surface area contributed by atoms with Crippen molar-refractivity contribution in [2.45, 2.75) is 32.1 Å². The Morgan fingerprint density at radius 3 is 2.46 bits per heavy atom. The molecule has 3 aromatic rings. The number of phenolic OH excluding ortho intramolecular Hbond substituents is 1. The van der Waals surface area contributed by atoms with Gasteiger partial charge in [0.25, 0.3) is 0 Å². The molecular weight excluding hydrogens is 333 g/mol. The minimum Gasteiger partial charge on any atom is -0.508 e. The highest BCUT2D eigenvalue weighted by molar-refractivity contribution is 5.91. The molecular formula is C21H20FNO3. The van der Waals surface area contributed by atoms with Crippen molar-refractivity contribution < 1.29 is 19.4 Å². The highest BCUT2D eigenvalue weighted by atomic mass is 19.1. The lowest BCUT2D eigenvalue weighted by molar-refractivity contribution is -0.138. The number of aromatic hydroxyl groups is 1. The molecule has 2 N–H and O–H groups in total. The van der Waals surface area contributed by atoms with Crippen LogP contribution in [0.15, 0.2) is 42.5 Å². The monoisotopic (exact) mass is 353 g/mol. The summed E-state index contributed by atoms with van der Waals surface area (Å²) in [5.74, 6) is -1.25. The van der Waals surface area contributed by atoms with Crippen molar-refractivity contribution in [2.24, 2.45) is 5.92 Å². The van der Waals surface area contributed by atoms with Crippen LogP contribution in [0.4, 0.5) is 4.39 Å². The summed E-state index contributed by atoms with van der Waals surface area (Å²) in [5, 5.41) is 20.3. The van der Waals surface area contributed by atoms with E-state index in [2.05, 4.69) is 18.4 Å². The number of fused-ring (bicyclic) bond motifs is 1. The van der Waals surface area contributed by atoms with E-state index in [1.807, 2.05) is 6.07 Å². The molecule has 0 saturated heterocycles. The fraction of sp³-hybridized carbons (Fsp3) is 0.286. The fourth-order valence-corrected chi connectivity index (χ4v) is 3.94. The van der Waals surface area contributed by atoms with Gasteiger partial charge in [0.1, 0.15) is 11.6 Å². The normalized spacial score (nSPS) is 19.2. The van der Waals surface area contributed by atoms with E-state index >= 15 is 0 Å². The van der Waals surface area contributed by atoms with Crippen molar-refractivity contribution in [1.82, 2.24) is 4.57 Å². The Kier molecular flexibility index (Phi) is 3.75. The lowest BCUT2D eigenvalue weighted by Gasteiger charge is -2.15. The van der Waals surface area contributed by atoms with Gasteiger partial charge in [0.05, 0.1) is 11.4 Å². The summed E-state index contributed by atoms with van der Waals surface area (Å²) in [6, 6.07) is 11.4. The Bertz CT molecular complexity index is 1000. The summed E-state index contributed by atoms with van der Waals surface area (Å²) in [7, 11) is 0. The lowest BCUT2D eigenvalue weighted by atomic mass is 9.98. The van der Waals surface area contributed by atoms with Gasteiger partial charge in [0.15, 0.2) is 0 Å². The number of carboxylic acid groups (broad SMARTS) is 1. The minimum absolute atomic E-state index is 0.0594. The zero-order valence-electron chi connectivity index (χ0n) is 14.6. The molecule has 134 valence electrons. The molecule has 1 fully saturated rings. The largest absolute Gasteiger partial charge is 0.508 e. The third-order valence-electron chi connectivity index (χ3n) is 5.14. The van der Waals surface area contributed by atoms with E-state index in [-0.39, 0.29) is 29.3 Å². The average Bonchev–Trinajstić information content (AvgIpc) is 3.31. The van der Waals surface area contributed by atoms with Gasteiger partial charge in [-0.05, 0) is 60.4 Å². The van der Waals surface area contributed by atoms with Crippen LogP contribution in [0.2, 0.25) is 0 Å². The summed E-state index contributed by atoms with van der Waals surface area (Å²) < 4.78 is 15.5. The molecule has 0 amide bonds. The van der Waals surface area contributed by atoms with E-state index < -0.39 is 5.97 Å². The Morgan fingerprint density at radius 1 is 1.19 bits per heavy atom. The van der Waals surface area contributed by atoms with Crippen LogP contribution in [-0.4, -0.2) is 20.7 Å². The van der Waals surface area contributed by atoms with Gasteiger partial charge in [-0.15, -0.1) is 0 Å². The summed E-state index contributed by atoms with van der Waals surface area (Å²) in [6.07, 6.45) is 0.604. The van der Waals surface area contributed by atoms with Crippen molar-refractivity contribution in [2.75, 3.05) is 0 Å². The number of hydrogen-bond acceptors (Lipinski definition) is 2.